The maximum atomic E-state index is 3.43. The minimum atomic E-state index is 0.522. The molecule has 2 saturated carbocycles. The Labute approximate surface area is 63.2 Å². The quantitative estimate of drug-likeness (QED) is 0.615. The molecule has 0 bridgehead atoms. The first-order valence-corrected chi connectivity index (χ1v) is 4.37. The Morgan fingerprint density at radius 2 is 2.30 bits per heavy atom. The molecule has 0 aliphatic heterocycles. The Hall–Kier alpha value is -0.0400. The Morgan fingerprint density at radius 1 is 1.60 bits per heavy atom. The molecule has 0 aromatic carbocycles. The SMILES string of the molecule is CCC1C[C@@]12C[C@]2(C)NC. The molecular formula is C9H17N. The van der Waals surface area contributed by atoms with Crippen molar-refractivity contribution in [1.82, 2.24) is 5.32 Å². The van der Waals surface area contributed by atoms with Gasteiger partial charge in [-0.1, -0.05) is 13.3 Å². The van der Waals surface area contributed by atoms with Crippen molar-refractivity contribution in [2.45, 2.75) is 38.6 Å². The summed E-state index contributed by atoms with van der Waals surface area (Å²) in [5.41, 5.74) is 1.28. The lowest BCUT2D eigenvalue weighted by molar-refractivity contribution is 0.503. The molecule has 0 heterocycles. The van der Waals surface area contributed by atoms with E-state index in [0.29, 0.717) is 5.54 Å². The molecule has 58 valence electrons. The van der Waals surface area contributed by atoms with E-state index in [4.69, 9.17) is 0 Å². The summed E-state index contributed by atoms with van der Waals surface area (Å²) < 4.78 is 0. The summed E-state index contributed by atoms with van der Waals surface area (Å²) in [6.07, 6.45) is 4.30. The number of nitrogens with one attached hydrogen (secondary N) is 1. The number of hydrogen-bond donors (Lipinski definition) is 1. The minimum Gasteiger partial charge on any atom is -0.314 e. The second-order valence-electron chi connectivity index (χ2n) is 4.22. The Kier molecular flexibility index (Phi) is 1.05. The highest BCUT2D eigenvalue weighted by molar-refractivity contribution is 5.29. The van der Waals surface area contributed by atoms with E-state index in [0.717, 1.165) is 11.3 Å². The molecule has 1 spiro atoms. The lowest BCUT2D eigenvalue weighted by atomic mass is 10.1. The molecule has 1 N–H and O–H groups in total. The summed E-state index contributed by atoms with van der Waals surface area (Å²) in [4.78, 5) is 0. The monoisotopic (exact) mass is 139 g/mol. The third-order valence-electron chi connectivity index (χ3n) is 3.92. The number of rotatable bonds is 2. The molecule has 1 heteroatoms. The molecule has 2 aliphatic rings. The van der Waals surface area contributed by atoms with Crippen molar-refractivity contribution in [2.75, 3.05) is 7.05 Å². The third kappa shape index (κ3) is 0.531. The van der Waals surface area contributed by atoms with Crippen molar-refractivity contribution < 1.29 is 0 Å². The van der Waals surface area contributed by atoms with Gasteiger partial charge in [-0.25, -0.2) is 0 Å². The molecule has 3 atom stereocenters. The predicted octanol–water partition coefficient (Wildman–Crippen LogP) is 1.78. The molecule has 0 amide bonds. The highest BCUT2D eigenvalue weighted by atomic mass is 15.1. The Bertz CT molecular complexity index is 166. The molecule has 0 saturated heterocycles. The second-order valence-corrected chi connectivity index (χ2v) is 4.22. The molecular weight excluding hydrogens is 122 g/mol. The topological polar surface area (TPSA) is 12.0 Å². The second kappa shape index (κ2) is 1.58. The van der Waals surface area contributed by atoms with Crippen molar-refractivity contribution in [3.05, 3.63) is 0 Å². The highest BCUT2D eigenvalue weighted by Crippen LogP contribution is 2.77. The fraction of sp³-hybridized carbons (Fsp3) is 1.00. The lowest BCUT2D eigenvalue weighted by Crippen LogP contribution is -2.26. The van der Waals surface area contributed by atoms with Crippen molar-refractivity contribution >= 4 is 0 Å². The van der Waals surface area contributed by atoms with Crippen LogP contribution in [0, 0.1) is 11.3 Å². The minimum absolute atomic E-state index is 0.522. The van der Waals surface area contributed by atoms with Gasteiger partial charge in [0.05, 0.1) is 0 Å². The first-order valence-electron chi connectivity index (χ1n) is 4.37. The van der Waals surface area contributed by atoms with E-state index in [2.05, 4.69) is 26.2 Å². The van der Waals surface area contributed by atoms with E-state index < -0.39 is 0 Å². The first kappa shape index (κ1) is 6.66. The van der Waals surface area contributed by atoms with Gasteiger partial charge < -0.3 is 5.32 Å². The van der Waals surface area contributed by atoms with E-state index in [9.17, 15) is 0 Å². The van der Waals surface area contributed by atoms with Crippen LogP contribution in [0.1, 0.15) is 33.1 Å². The maximum Gasteiger partial charge on any atom is 0.0216 e. The summed E-state index contributed by atoms with van der Waals surface area (Å²) >= 11 is 0. The molecule has 0 radical (unpaired) electrons. The van der Waals surface area contributed by atoms with E-state index in [1.807, 2.05) is 0 Å². The van der Waals surface area contributed by atoms with Gasteiger partial charge in [-0.05, 0) is 38.1 Å². The molecule has 2 aliphatic carbocycles. The van der Waals surface area contributed by atoms with Gasteiger partial charge in [0.2, 0.25) is 0 Å². The Balaban J connectivity index is 2.02. The van der Waals surface area contributed by atoms with Crippen LogP contribution in [0.3, 0.4) is 0 Å². The maximum absolute atomic E-state index is 3.43. The van der Waals surface area contributed by atoms with Crippen molar-refractivity contribution in [3.8, 4) is 0 Å². The van der Waals surface area contributed by atoms with E-state index in [1.54, 1.807) is 0 Å². The summed E-state index contributed by atoms with van der Waals surface area (Å²) in [5.74, 6) is 1.05. The zero-order valence-electron chi connectivity index (χ0n) is 7.20. The molecule has 10 heavy (non-hydrogen) atoms. The van der Waals surface area contributed by atoms with E-state index in [-0.39, 0.29) is 0 Å². The standard InChI is InChI=1S/C9H17N/c1-4-7-5-9(7)6-8(9,2)10-3/h7,10H,4-6H2,1-3H3/t7?,8-,9+/m0/s1. The molecule has 0 aromatic rings. The lowest BCUT2D eigenvalue weighted by Gasteiger charge is -2.07. The van der Waals surface area contributed by atoms with Crippen molar-refractivity contribution in [2.24, 2.45) is 11.3 Å². The van der Waals surface area contributed by atoms with Gasteiger partial charge in [0, 0.05) is 5.54 Å². The highest BCUT2D eigenvalue weighted by Gasteiger charge is 2.75. The largest absolute Gasteiger partial charge is 0.314 e. The van der Waals surface area contributed by atoms with Crippen LogP contribution in [-0.4, -0.2) is 12.6 Å². The van der Waals surface area contributed by atoms with Crippen LogP contribution in [-0.2, 0) is 0 Å². The van der Waals surface area contributed by atoms with Gasteiger partial charge >= 0.3 is 0 Å². The van der Waals surface area contributed by atoms with Crippen LogP contribution in [0.4, 0.5) is 0 Å². The van der Waals surface area contributed by atoms with Gasteiger partial charge in [-0.3, -0.25) is 0 Å². The van der Waals surface area contributed by atoms with Gasteiger partial charge in [0.25, 0.3) is 0 Å². The molecule has 2 rings (SSSR count). The van der Waals surface area contributed by atoms with E-state index in [1.165, 1.54) is 19.3 Å². The van der Waals surface area contributed by atoms with Crippen LogP contribution in [0.15, 0.2) is 0 Å². The van der Waals surface area contributed by atoms with Crippen LogP contribution in [0.5, 0.6) is 0 Å². The van der Waals surface area contributed by atoms with Gasteiger partial charge in [0.1, 0.15) is 0 Å². The van der Waals surface area contributed by atoms with Crippen molar-refractivity contribution in [3.63, 3.8) is 0 Å². The molecule has 0 aromatic heterocycles. The normalized spacial score (nSPS) is 57.3. The van der Waals surface area contributed by atoms with Crippen LogP contribution >= 0.6 is 0 Å². The Morgan fingerprint density at radius 3 is 2.60 bits per heavy atom. The van der Waals surface area contributed by atoms with Crippen LogP contribution < -0.4 is 5.32 Å². The fourth-order valence-corrected chi connectivity index (χ4v) is 2.73. The summed E-state index contributed by atoms with van der Waals surface area (Å²) in [6, 6.07) is 0. The van der Waals surface area contributed by atoms with E-state index >= 15 is 0 Å². The fourth-order valence-electron chi connectivity index (χ4n) is 2.73. The number of hydrogen-bond acceptors (Lipinski definition) is 1. The summed E-state index contributed by atoms with van der Waals surface area (Å²) in [7, 11) is 2.10. The van der Waals surface area contributed by atoms with Crippen molar-refractivity contribution in [1.29, 1.82) is 0 Å². The van der Waals surface area contributed by atoms with Crippen LogP contribution in [0.2, 0.25) is 0 Å². The average Bonchev–Trinajstić information content (AvgIpc) is 2.76. The zero-order valence-corrected chi connectivity index (χ0v) is 7.20. The predicted molar refractivity (Wildman–Crippen MR) is 42.9 cm³/mol. The smallest absolute Gasteiger partial charge is 0.0216 e. The summed E-state index contributed by atoms with van der Waals surface area (Å²) in [5, 5.41) is 3.43. The van der Waals surface area contributed by atoms with Crippen LogP contribution in [0.25, 0.3) is 0 Å². The summed E-state index contributed by atoms with van der Waals surface area (Å²) in [6.45, 7) is 4.68. The third-order valence-corrected chi connectivity index (χ3v) is 3.92. The molecule has 2 fully saturated rings. The average molecular weight is 139 g/mol. The van der Waals surface area contributed by atoms with Gasteiger partial charge in [-0.15, -0.1) is 0 Å². The first-order chi connectivity index (χ1) is 4.68. The molecule has 1 unspecified atom stereocenters. The van der Waals surface area contributed by atoms with Gasteiger partial charge in [-0.2, -0.15) is 0 Å². The molecule has 1 nitrogen and oxygen atoms in total. The van der Waals surface area contributed by atoms with Gasteiger partial charge in [0.15, 0.2) is 0 Å². The zero-order chi connectivity index (χ0) is 7.41.